The Bertz CT molecular complexity index is 594. The van der Waals surface area contributed by atoms with Gasteiger partial charge in [-0.25, -0.2) is 0 Å². The Labute approximate surface area is 136 Å². The first-order valence-electron chi connectivity index (χ1n) is 7.66. The predicted octanol–water partition coefficient (Wildman–Crippen LogP) is 2.50. The second kappa shape index (κ2) is 8.89. The van der Waals surface area contributed by atoms with Gasteiger partial charge >= 0.3 is 6.01 Å². The Morgan fingerprint density at radius 1 is 1.09 bits per heavy atom. The minimum atomic E-state index is 0.0691. The van der Waals surface area contributed by atoms with Gasteiger partial charge in [0.15, 0.2) is 0 Å². The lowest BCUT2D eigenvalue weighted by molar-refractivity contribution is 0.158. The van der Waals surface area contributed by atoms with Crippen molar-refractivity contribution in [3.8, 4) is 6.01 Å². The first kappa shape index (κ1) is 17.0. The molecule has 0 spiro atoms. The summed E-state index contributed by atoms with van der Waals surface area (Å²) in [6.07, 6.45) is 0. The molecule has 0 unspecified atom stereocenters. The van der Waals surface area contributed by atoms with Crippen molar-refractivity contribution in [2.24, 2.45) is 0 Å². The molecule has 0 saturated carbocycles. The second-order valence-electron chi connectivity index (χ2n) is 4.87. The standard InChI is InChI=1S/C16H23N5O2/c1-4-23-11-10-17-14-19-15(21-16(20-14)22-3)18-12(2)13-8-6-5-7-9-13/h5-9,12H,4,10-11H2,1-3H3,(H2,17,18,19,20,21)/t12-/m0/s1. The molecule has 2 aromatic rings. The van der Waals surface area contributed by atoms with Crippen LogP contribution in [0.5, 0.6) is 6.01 Å². The molecular weight excluding hydrogens is 294 g/mol. The molecule has 0 saturated heterocycles. The van der Waals surface area contributed by atoms with Crippen molar-refractivity contribution < 1.29 is 9.47 Å². The topological polar surface area (TPSA) is 81.2 Å². The van der Waals surface area contributed by atoms with Crippen molar-refractivity contribution in [2.75, 3.05) is 37.5 Å². The smallest absolute Gasteiger partial charge is 0.322 e. The van der Waals surface area contributed by atoms with Crippen LogP contribution in [0.3, 0.4) is 0 Å². The van der Waals surface area contributed by atoms with Crippen LogP contribution in [-0.2, 0) is 4.74 Å². The molecule has 2 rings (SSSR count). The van der Waals surface area contributed by atoms with Crippen molar-refractivity contribution in [3.05, 3.63) is 35.9 Å². The summed E-state index contributed by atoms with van der Waals surface area (Å²) in [5.74, 6) is 0.923. The van der Waals surface area contributed by atoms with Crippen LogP contribution >= 0.6 is 0 Å². The number of anilines is 2. The highest BCUT2D eigenvalue weighted by molar-refractivity contribution is 5.38. The first-order chi connectivity index (χ1) is 11.2. The number of nitrogens with zero attached hydrogens (tertiary/aromatic N) is 3. The average molecular weight is 317 g/mol. The van der Waals surface area contributed by atoms with E-state index in [1.54, 1.807) is 0 Å². The largest absolute Gasteiger partial charge is 0.467 e. The Balaban J connectivity index is 2.05. The Kier molecular flexibility index (Phi) is 6.56. The van der Waals surface area contributed by atoms with Crippen LogP contribution < -0.4 is 15.4 Å². The van der Waals surface area contributed by atoms with Gasteiger partial charge in [-0.2, -0.15) is 15.0 Å². The zero-order valence-corrected chi connectivity index (χ0v) is 13.7. The number of nitrogens with one attached hydrogen (secondary N) is 2. The van der Waals surface area contributed by atoms with Crippen LogP contribution in [0.4, 0.5) is 11.9 Å². The first-order valence-corrected chi connectivity index (χ1v) is 7.66. The summed E-state index contributed by atoms with van der Waals surface area (Å²) < 4.78 is 10.4. The van der Waals surface area contributed by atoms with Gasteiger partial charge < -0.3 is 20.1 Å². The molecule has 0 aliphatic rings. The highest BCUT2D eigenvalue weighted by Crippen LogP contribution is 2.18. The van der Waals surface area contributed by atoms with E-state index >= 15 is 0 Å². The maximum Gasteiger partial charge on any atom is 0.322 e. The number of methoxy groups -OCH3 is 1. The van der Waals surface area contributed by atoms with E-state index < -0.39 is 0 Å². The molecule has 0 radical (unpaired) electrons. The van der Waals surface area contributed by atoms with E-state index in [2.05, 4.69) is 37.7 Å². The van der Waals surface area contributed by atoms with Crippen molar-refractivity contribution >= 4 is 11.9 Å². The van der Waals surface area contributed by atoms with Crippen LogP contribution in [0.1, 0.15) is 25.5 Å². The maximum atomic E-state index is 5.28. The number of hydrogen-bond donors (Lipinski definition) is 2. The van der Waals surface area contributed by atoms with Crippen LogP contribution in [0.15, 0.2) is 30.3 Å². The molecule has 0 bridgehead atoms. The average Bonchev–Trinajstić information content (AvgIpc) is 2.59. The molecule has 0 fully saturated rings. The number of aromatic nitrogens is 3. The molecule has 23 heavy (non-hydrogen) atoms. The van der Waals surface area contributed by atoms with Gasteiger partial charge in [-0.1, -0.05) is 30.3 Å². The van der Waals surface area contributed by atoms with E-state index in [1.165, 1.54) is 7.11 Å². The van der Waals surface area contributed by atoms with Crippen molar-refractivity contribution in [2.45, 2.75) is 19.9 Å². The minimum Gasteiger partial charge on any atom is -0.467 e. The molecule has 0 aliphatic carbocycles. The summed E-state index contributed by atoms with van der Waals surface area (Å²) in [6, 6.07) is 10.4. The van der Waals surface area contributed by atoms with Crippen molar-refractivity contribution in [3.63, 3.8) is 0 Å². The quantitative estimate of drug-likeness (QED) is 0.688. The molecule has 1 aromatic heterocycles. The van der Waals surface area contributed by atoms with Gasteiger partial charge in [-0.3, -0.25) is 0 Å². The third kappa shape index (κ3) is 5.37. The van der Waals surface area contributed by atoms with Gasteiger partial charge in [0.2, 0.25) is 11.9 Å². The highest BCUT2D eigenvalue weighted by Gasteiger charge is 2.10. The predicted molar refractivity (Wildman–Crippen MR) is 89.8 cm³/mol. The van der Waals surface area contributed by atoms with E-state index in [0.717, 1.165) is 5.56 Å². The zero-order valence-electron chi connectivity index (χ0n) is 13.7. The summed E-state index contributed by atoms with van der Waals surface area (Å²) in [5.41, 5.74) is 1.15. The van der Waals surface area contributed by atoms with E-state index in [0.29, 0.717) is 31.7 Å². The normalized spacial score (nSPS) is 11.8. The minimum absolute atomic E-state index is 0.0691. The summed E-state index contributed by atoms with van der Waals surface area (Å²) >= 11 is 0. The van der Waals surface area contributed by atoms with Gasteiger partial charge in [0.05, 0.1) is 19.8 Å². The van der Waals surface area contributed by atoms with E-state index in [-0.39, 0.29) is 12.1 Å². The number of hydrogen-bond acceptors (Lipinski definition) is 7. The van der Waals surface area contributed by atoms with E-state index in [9.17, 15) is 0 Å². The van der Waals surface area contributed by atoms with Gasteiger partial charge in [-0.15, -0.1) is 0 Å². The van der Waals surface area contributed by atoms with Gasteiger partial charge in [0, 0.05) is 13.2 Å². The molecule has 1 heterocycles. The van der Waals surface area contributed by atoms with Crippen LogP contribution in [0, 0.1) is 0 Å². The van der Waals surface area contributed by atoms with Crippen molar-refractivity contribution in [1.82, 2.24) is 15.0 Å². The number of rotatable bonds is 9. The molecule has 7 heteroatoms. The molecule has 0 aliphatic heterocycles. The zero-order chi connectivity index (χ0) is 16.5. The highest BCUT2D eigenvalue weighted by atomic mass is 16.5. The third-order valence-corrected chi connectivity index (χ3v) is 3.18. The van der Waals surface area contributed by atoms with E-state index in [4.69, 9.17) is 9.47 Å². The van der Waals surface area contributed by atoms with Gasteiger partial charge in [0.25, 0.3) is 0 Å². The molecule has 0 amide bonds. The molecule has 2 N–H and O–H groups in total. The monoisotopic (exact) mass is 317 g/mol. The van der Waals surface area contributed by atoms with Crippen molar-refractivity contribution in [1.29, 1.82) is 0 Å². The summed E-state index contributed by atoms with van der Waals surface area (Å²) in [5, 5.41) is 6.36. The fraction of sp³-hybridized carbons (Fsp3) is 0.438. The fourth-order valence-corrected chi connectivity index (χ4v) is 1.99. The van der Waals surface area contributed by atoms with Crippen LogP contribution in [-0.4, -0.2) is 41.8 Å². The summed E-state index contributed by atoms with van der Waals surface area (Å²) in [6.45, 7) is 5.90. The number of ether oxygens (including phenoxy) is 2. The lowest BCUT2D eigenvalue weighted by Gasteiger charge is -2.15. The maximum absolute atomic E-state index is 5.28. The summed E-state index contributed by atoms with van der Waals surface area (Å²) in [7, 11) is 1.53. The van der Waals surface area contributed by atoms with Gasteiger partial charge in [0.1, 0.15) is 0 Å². The van der Waals surface area contributed by atoms with Crippen LogP contribution in [0.2, 0.25) is 0 Å². The molecule has 1 atom stereocenters. The molecule has 1 aromatic carbocycles. The number of benzene rings is 1. The molecule has 124 valence electrons. The Morgan fingerprint density at radius 2 is 1.83 bits per heavy atom. The summed E-state index contributed by atoms with van der Waals surface area (Å²) in [4.78, 5) is 12.8. The fourth-order valence-electron chi connectivity index (χ4n) is 1.99. The van der Waals surface area contributed by atoms with E-state index in [1.807, 2.05) is 32.0 Å². The molecule has 7 nitrogen and oxygen atoms in total. The lowest BCUT2D eigenvalue weighted by Crippen LogP contribution is -2.15. The molecular formula is C16H23N5O2. The third-order valence-electron chi connectivity index (χ3n) is 3.18. The second-order valence-corrected chi connectivity index (χ2v) is 4.87. The Hall–Kier alpha value is -2.41. The van der Waals surface area contributed by atoms with Gasteiger partial charge in [-0.05, 0) is 19.4 Å². The SMILES string of the molecule is CCOCCNc1nc(N[C@@H](C)c2ccccc2)nc(OC)n1. The Morgan fingerprint density at radius 3 is 2.52 bits per heavy atom. The van der Waals surface area contributed by atoms with Crippen LogP contribution in [0.25, 0.3) is 0 Å². The lowest BCUT2D eigenvalue weighted by atomic mass is 10.1.